The van der Waals surface area contributed by atoms with Gasteiger partial charge in [0.15, 0.2) is 11.6 Å². The molecule has 0 radical (unpaired) electrons. The Balaban J connectivity index is 1.70. The summed E-state index contributed by atoms with van der Waals surface area (Å²) in [5.74, 6) is -0.765. The van der Waals surface area contributed by atoms with Gasteiger partial charge >= 0.3 is 0 Å². The summed E-state index contributed by atoms with van der Waals surface area (Å²) in [7, 11) is 0. The number of hydrogen-bond acceptors (Lipinski definition) is 4. The fraction of sp³-hybridized carbons (Fsp3) is 0.276. The molecule has 5 rings (SSSR count). The largest absolute Gasteiger partial charge is 0.504 e. The molecule has 3 aromatic carbocycles. The van der Waals surface area contributed by atoms with Crippen LogP contribution in [0.3, 0.4) is 0 Å². The number of fused-ring (bicyclic) bond motifs is 1. The molecule has 4 nitrogen and oxygen atoms in total. The molecule has 2 N–H and O–H groups in total. The van der Waals surface area contributed by atoms with Crippen LogP contribution in [0.2, 0.25) is 0 Å². The van der Waals surface area contributed by atoms with Crippen LogP contribution in [0, 0.1) is 31.4 Å². The second-order valence-corrected chi connectivity index (χ2v) is 9.44. The van der Waals surface area contributed by atoms with Gasteiger partial charge in [-0.2, -0.15) is 0 Å². The first-order valence-corrected chi connectivity index (χ1v) is 12.0. The fourth-order valence-electron chi connectivity index (χ4n) is 5.04. The molecule has 0 unspecified atom stereocenters. The summed E-state index contributed by atoms with van der Waals surface area (Å²) in [6.45, 7) is 9.47. The van der Waals surface area contributed by atoms with E-state index >= 15 is 0 Å². The Labute approximate surface area is 204 Å². The lowest BCUT2D eigenvalue weighted by Crippen LogP contribution is -2.51. The number of nitrogens with one attached hydrogen (secondary N) is 1. The summed E-state index contributed by atoms with van der Waals surface area (Å²) < 4.78 is 28.6. The molecule has 35 heavy (non-hydrogen) atoms. The highest BCUT2D eigenvalue weighted by Gasteiger charge is 2.30. The van der Waals surface area contributed by atoms with E-state index in [1.165, 1.54) is 12.1 Å². The minimum absolute atomic E-state index is 0.284. The van der Waals surface area contributed by atoms with E-state index in [0.717, 1.165) is 65.0 Å². The van der Waals surface area contributed by atoms with Crippen molar-refractivity contribution in [2.75, 3.05) is 31.1 Å². The number of pyridine rings is 1. The molecule has 1 aliphatic heterocycles. The van der Waals surface area contributed by atoms with Crippen LogP contribution in [0.1, 0.15) is 18.1 Å². The number of aryl methyl sites for hydroxylation is 2. The van der Waals surface area contributed by atoms with E-state index in [2.05, 4.69) is 22.1 Å². The summed E-state index contributed by atoms with van der Waals surface area (Å²) in [5.41, 5.74) is 6.23. The van der Waals surface area contributed by atoms with Crippen molar-refractivity contribution in [3.05, 3.63) is 77.5 Å². The molecule has 0 spiro atoms. The van der Waals surface area contributed by atoms with Crippen molar-refractivity contribution in [1.29, 1.82) is 0 Å². The maximum atomic E-state index is 14.4. The zero-order valence-corrected chi connectivity index (χ0v) is 20.2. The molecule has 0 bridgehead atoms. The molecule has 0 saturated carbocycles. The average Bonchev–Trinajstić information content (AvgIpc) is 2.80. The van der Waals surface area contributed by atoms with Crippen molar-refractivity contribution in [1.82, 2.24) is 10.3 Å². The lowest BCUT2D eigenvalue weighted by Gasteiger charge is -2.42. The van der Waals surface area contributed by atoms with Gasteiger partial charge < -0.3 is 15.3 Å². The van der Waals surface area contributed by atoms with Gasteiger partial charge in [-0.1, -0.05) is 25.1 Å². The van der Waals surface area contributed by atoms with Crippen molar-refractivity contribution in [3.63, 3.8) is 0 Å². The van der Waals surface area contributed by atoms with Gasteiger partial charge in [-0.15, -0.1) is 0 Å². The molecule has 1 saturated heterocycles. The number of halogens is 2. The van der Waals surface area contributed by atoms with E-state index in [4.69, 9.17) is 0 Å². The van der Waals surface area contributed by atoms with Gasteiger partial charge in [0.05, 0.1) is 11.2 Å². The van der Waals surface area contributed by atoms with Gasteiger partial charge in [0, 0.05) is 48.3 Å². The molecule has 180 valence electrons. The van der Waals surface area contributed by atoms with Gasteiger partial charge in [-0.3, -0.25) is 4.98 Å². The Bertz CT molecular complexity index is 1390. The van der Waals surface area contributed by atoms with E-state index in [-0.39, 0.29) is 11.6 Å². The third-order valence-electron chi connectivity index (χ3n) is 6.77. The Kier molecular flexibility index (Phi) is 6.15. The minimum atomic E-state index is -0.651. The average molecular weight is 474 g/mol. The zero-order valence-electron chi connectivity index (χ0n) is 20.2. The van der Waals surface area contributed by atoms with Crippen LogP contribution < -0.4 is 10.2 Å². The molecule has 1 aromatic heterocycles. The molecule has 0 atom stereocenters. The number of hydrogen-bond donors (Lipinski definition) is 2. The summed E-state index contributed by atoms with van der Waals surface area (Å²) in [5, 5.41) is 14.8. The Morgan fingerprint density at radius 3 is 2.57 bits per heavy atom. The zero-order chi connectivity index (χ0) is 24.7. The molecule has 2 heterocycles. The SMILES string of the molecule is CCNCC1CN(c2c(-c3cc(C)cc(F)c3)cnc3ccc(-c4c(C)ccc(F)c4O)cc23)C1. The van der Waals surface area contributed by atoms with E-state index in [1.807, 2.05) is 44.3 Å². The van der Waals surface area contributed by atoms with Crippen LogP contribution in [-0.4, -0.2) is 36.3 Å². The monoisotopic (exact) mass is 473 g/mol. The highest BCUT2D eigenvalue weighted by Crippen LogP contribution is 2.43. The molecule has 1 aliphatic rings. The summed E-state index contributed by atoms with van der Waals surface area (Å²) in [4.78, 5) is 7.00. The number of anilines is 1. The first-order valence-electron chi connectivity index (χ1n) is 12.0. The van der Waals surface area contributed by atoms with Gasteiger partial charge in [0.2, 0.25) is 0 Å². The second-order valence-electron chi connectivity index (χ2n) is 9.44. The van der Waals surface area contributed by atoms with Gasteiger partial charge in [-0.25, -0.2) is 8.78 Å². The van der Waals surface area contributed by atoms with Gasteiger partial charge in [0.1, 0.15) is 5.82 Å². The van der Waals surface area contributed by atoms with Crippen molar-refractivity contribution in [2.24, 2.45) is 5.92 Å². The number of phenols is 1. The topological polar surface area (TPSA) is 48.4 Å². The Hall–Kier alpha value is -3.51. The van der Waals surface area contributed by atoms with Crippen molar-refractivity contribution < 1.29 is 13.9 Å². The van der Waals surface area contributed by atoms with Crippen LogP contribution in [-0.2, 0) is 0 Å². The number of nitrogens with zero attached hydrogens (tertiary/aromatic N) is 2. The lowest BCUT2D eigenvalue weighted by atomic mass is 9.92. The minimum Gasteiger partial charge on any atom is -0.504 e. The fourth-order valence-corrected chi connectivity index (χ4v) is 5.04. The van der Waals surface area contributed by atoms with Crippen LogP contribution in [0.25, 0.3) is 33.2 Å². The number of phenolic OH excluding ortho intramolecular Hbond substituents is 1. The third-order valence-corrected chi connectivity index (χ3v) is 6.77. The maximum absolute atomic E-state index is 14.4. The number of rotatable bonds is 6. The van der Waals surface area contributed by atoms with Crippen molar-refractivity contribution >= 4 is 16.6 Å². The Morgan fingerprint density at radius 1 is 1.03 bits per heavy atom. The smallest absolute Gasteiger partial charge is 0.165 e. The molecule has 0 aliphatic carbocycles. The molecule has 0 amide bonds. The van der Waals surface area contributed by atoms with Gasteiger partial charge in [-0.05, 0) is 73.0 Å². The summed E-state index contributed by atoms with van der Waals surface area (Å²) in [6.07, 6.45) is 1.81. The first kappa shape index (κ1) is 23.2. The molecular formula is C29H29F2N3O. The predicted octanol–water partition coefficient (Wildman–Crippen LogP) is 6.22. The van der Waals surface area contributed by atoms with Crippen LogP contribution >= 0.6 is 0 Å². The number of aromatic nitrogens is 1. The Morgan fingerprint density at radius 2 is 1.83 bits per heavy atom. The van der Waals surface area contributed by atoms with Crippen molar-refractivity contribution in [2.45, 2.75) is 20.8 Å². The van der Waals surface area contributed by atoms with Crippen LogP contribution in [0.5, 0.6) is 5.75 Å². The quantitative estimate of drug-likeness (QED) is 0.349. The molecule has 6 heteroatoms. The molecular weight excluding hydrogens is 444 g/mol. The van der Waals surface area contributed by atoms with E-state index in [1.54, 1.807) is 12.1 Å². The highest BCUT2D eigenvalue weighted by molar-refractivity contribution is 6.02. The maximum Gasteiger partial charge on any atom is 0.165 e. The summed E-state index contributed by atoms with van der Waals surface area (Å²) in [6, 6.07) is 13.7. The van der Waals surface area contributed by atoms with E-state index in [9.17, 15) is 13.9 Å². The predicted molar refractivity (Wildman–Crippen MR) is 138 cm³/mol. The van der Waals surface area contributed by atoms with E-state index in [0.29, 0.717) is 17.0 Å². The summed E-state index contributed by atoms with van der Waals surface area (Å²) >= 11 is 0. The lowest BCUT2D eigenvalue weighted by molar-refractivity contribution is 0.390. The van der Waals surface area contributed by atoms with Crippen molar-refractivity contribution in [3.8, 4) is 28.0 Å². The van der Waals surface area contributed by atoms with E-state index < -0.39 is 5.82 Å². The second kappa shape index (κ2) is 9.27. The normalized spacial score (nSPS) is 13.9. The molecule has 1 fully saturated rings. The highest BCUT2D eigenvalue weighted by atomic mass is 19.1. The number of benzene rings is 3. The van der Waals surface area contributed by atoms with Gasteiger partial charge in [0.25, 0.3) is 0 Å². The third kappa shape index (κ3) is 4.34. The number of aromatic hydroxyl groups is 1. The first-order chi connectivity index (χ1) is 16.9. The standard InChI is InChI=1S/C29H29F2N3O/c1-4-32-13-19-15-34(16-19)28-23-12-20(27-18(3)5-7-25(31)29(27)35)6-8-26(23)33-14-24(28)21-9-17(2)10-22(30)11-21/h5-12,14,19,32,35H,4,13,15-16H2,1-3H3. The van der Waals surface area contributed by atoms with Crippen LogP contribution in [0.15, 0.2) is 54.7 Å². The van der Waals surface area contributed by atoms with Crippen LogP contribution in [0.4, 0.5) is 14.5 Å². The molecule has 4 aromatic rings.